The van der Waals surface area contributed by atoms with Gasteiger partial charge >= 0.3 is 0 Å². The van der Waals surface area contributed by atoms with E-state index in [-0.39, 0.29) is 0 Å². The highest BCUT2D eigenvalue weighted by molar-refractivity contribution is 6.24. The number of allylic oxidation sites excluding steroid dienone is 1. The van der Waals surface area contributed by atoms with Gasteiger partial charge in [-0.1, -0.05) is 6.58 Å². The summed E-state index contributed by atoms with van der Waals surface area (Å²) in [4.78, 5) is 0. The lowest BCUT2D eigenvalue weighted by Gasteiger charge is -1.91. The lowest BCUT2D eigenvalue weighted by atomic mass is 10.3. The first-order chi connectivity index (χ1) is 3.18. The Morgan fingerprint density at radius 2 is 2.43 bits per heavy atom. The van der Waals surface area contributed by atoms with Crippen molar-refractivity contribution < 1.29 is 0 Å². The summed E-state index contributed by atoms with van der Waals surface area (Å²) >= 11 is 5.34. The highest BCUT2D eigenvalue weighted by atomic mass is 35.5. The molecule has 0 aromatic rings. The van der Waals surface area contributed by atoms with Crippen LogP contribution in [0.5, 0.6) is 0 Å². The second kappa shape index (κ2) is 2.65. The van der Waals surface area contributed by atoms with Crippen molar-refractivity contribution in [3.8, 4) is 6.07 Å². The average Bonchev–Trinajstić information content (AvgIpc) is 1.65. The van der Waals surface area contributed by atoms with E-state index in [4.69, 9.17) is 16.9 Å². The summed E-state index contributed by atoms with van der Waals surface area (Å²) in [7, 11) is 0. The number of halogens is 1. The number of nitriles is 1. The van der Waals surface area contributed by atoms with E-state index in [0.29, 0.717) is 5.57 Å². The van der Waals surface area contributed by atoms with Crippen molar-refractivity contribution in [1.82, 2.24) is 0 Å². The van der Waals surface area contributed by atoms with Gasteiger partial charge in [0.15, 0.2) is 0 Å². The predicted molar refractivity (Wildman–Crippen MR) is 30.1 cm³/mol. The standard InChI is InChI=1S/C5H6ClN/c1-4(2)5(6)3-7/h5H,1H2,2H3. The van der Waals surface area contributed by atoms with Crippen LogP contribution in [0.2, 0.25) is 0 Å². The van der Waals surface area contributed by atoms with Crippen LogP contribution in [0.1, 0.15) is 6.92 Å². The van der Waals surface area contributed by atoms with Crippen LogP contribution < -0.4 is 0 Å². The number of rotatable bonds is 1. The van der Waals surface area contributed by atoms with E-state index < -0.39 is 5.38 Å². The van der Waals surface area contributed by atoms with Crippen LogP contribution in [0.3, 0.4) is 0 Å². The molecule has 0 saturated carbocycles. The third kappa shape index (κ3) is 2.24. The molecule has 0 spiro atoms. The highest BCUT2D eigenvalue weighted by Gasteiger charge is 1.98. The summed E-state index contributed by atoms with van der Waals surface area (Å²) in [5.74, 6) is 0. The molecule has 0 aliphatic rings. The van der Waals surface area contributed by atoms with Crippen LogP contribution in [-0.2, 0) is 0 Å². The summed E-state index contributed by atoms with van der Waals surface area (Å²) in [5.41, 5.74) is 0.698. The largest absolute Gasteiger partial charge is 0.196 e. The molecule has 0 radical (unpaired) electrons. The van der Waals surface area contributed by atoms with Gasteiger partial charge in [-0.15, -0.1) is 11.6 Å². The third-order valence-corrected chi connectivity index (χ3v) is 1.02. The zero-order chi connectivity index (χ0) is 5.86. The van der Waals surface area contributed by atoms with Gasteiger partial charge < -0.3 is 0 Å². The normalized spacial score (nSPS) is 12.1. The SMILES string of the molecule is C=C(C)C(Cl)C#N. The van der Waals surface area contributed by atoms with Gasteiger partial charge in [-0.25, -0.2) is 0 Å². The number of nitrogens with zero attached hydrogens (tertiary/aromatic N) is 1. The van der Waals surface area contributed by atoms with E-state index in [0.717, 1.165) is 0 Å². The Hall–Kier alpha value is -0.480. The molecule has 0 aromatic heterocycles. The van der Waals surface area contributed by atoms with E-state index in [2.05, 4.69) is 6.58 Å². The van der Waals surface area contributed by atoms with Gasteiger partial charge in [0.1, 0.15) is 5.38 Å². The van der Waals surface area contributed by atoms with Gasteiger partial charge in [0.05, 0.1) is 6.07 Å². The Kier molecular flexibility index (Phi) is 2.47. The molecule has 0 aromatic carbocycles. The fourth-order valence-corrected chi connectivity index (χ4v) is 0.110. The molecule has 1 nitrogen and oxygen atoms in total. The van der Waals surface area contributed by atoms with Crippen molar-refractivity contribution in [1.29, 1.82) is 5.26 Å². The molecule has 0 amide bonds. The zero-order valence-electron chi connectivity index (χ0n) is 4.11. The first kappa shape index (κ1) is 6.52. The maximum absolute atomic E-state index is 8.06. The molecule has 0 aliphatic heterocycles. The Labute approximate surface area is 48.2 Å². The van der Waals surface area contributed by atoms with Crippen molar-refractivity contribution in [2.45, 2.75) is 12.3 Å². The quantitative estimate of drug-likeness (QED) is 0.377. The zero-order valence-corrected chi connectivity index (χ0v) is 4.87. The second-order valence-corrected chi connectivity index (χ2v) is 1.77. The Morgan fingerprint density at radius 3 is 2.43 bits per heavy atom. The van der Waals surface area contributed by atoms with E-state index in [1.54, 1.807) is 6.92 Å². The van der Waals surface area contributed by atoms with Crippen molar-refractivity contribution in [3.05, 3.63) is 12.2 Å². The first-order valence-electron chi connectivity index (χ1n) is 1.87. The minimum Gasteiger partial charge on any atom is -0.196 e. The van der Waals surface area contributed by atoms with E-state index in [1.165, 1.54) is 0 Å². The first-order valence-corrected chi connectivity index (χ1v) is 2.31. The van der Waals surface area contributed by atoms with Crippen molar-refractivity contribution in [2.75, 3.05) is 0 Å². The van der Waals surface area contributed by atoms with E-state index >= 15 is 0 Å². The van der Waals surface area contributed by atoms with Gasteiger partial charge in [-0.05, 0) is 12.5 Å². The maximum Gasteiger partial charge on any atom is 0.141 e. The van der Waals surface area contributed by atoms with Gasteiger partial charge in [-0.3, -0.25) is 0 Å². The smallest absolute Gasteiger partial charge is 0.141 e. The summed E-state index contributed by atoms with van der Waals surface area (Å²) in [5, 5.41) is 7.55. The van der Waals surface area contributed by atoms with Gasteiger partial charge in [0.25, 0.3) is 0 Å². The minimum absolute atomic E-state index is 0.514. The molecular weight excluding hydrogens is 110 g/mol. The molecule has 0 bridgehead atoms. The number of hydrogen-bond acceptors (Lipinski definition) is 1. The Morgan fingerprint density at radius 1 is 2.00 bits per heavy atom. The molecule has 38 valence electrons. The fraction of sp³-hybridized carbons (Fsp3) is 0.400. The molecule has 1 atom stereocenters. The molecule has 7 heavy (non-hydrogen) atoms. The van der Waals surface area contributed by atoms with Crippen molar-refractivity contribution in [2.24, 2.45) is 0 Å². The highest BCUT2D eigenvalue weighted by Crippen LogP contribution is 2.02. The summed E-state index contributed by atoms with van der Waals surface area (Å²) in [6.07, 6.45) is 0. The predicted octanol–water partition coefficient (Wildman–Crippen LogP) is 1.69. The van der Waals surface area contributed by atoms with E-state index in [1.807, 2.05) is 6.07 Å². The lowest BCUT2D eigenvalue weighted by Crippen LogP contribution is -1.91. The molecule has 2 heteroatoms. The number of hydrogen-bond donors (Lipinski definition) is 0. The molecule has 0 aliphatic carbocycles. The molecule has 0 N–H and O–H groups in total. The average molecular weight is 116 g/mol. The van der Waals surface area contributed by atoms with Gasteiger partial charge in [0, 0.05) is 0 Å². The van der Waals surface area contributed by atoms with Crippen molar-refractivity contribution >= 4 is 11.6 Å². The second-order valence-electron chi connectivity index (χ2n) is 1.34. The molecule has 0 fully saturated rings. The topological polar surface area (TPSA) is 23.8 Å². The summed E-state index contributed by atoms with van der Waals surface area (Å²) < 4.78 is 0. The van der Waals surface area contributed by atoms with Gasteiger partial charge in [-0.2, -0.15) is 5.26 Å². The Balaban J connectivity index is 3.63. The minimum atomic E-state index is -0.514. The maximum atomic E-state index is 8.06. The Bertz CT molecular complexity index is 112. The van der Waals surface area contributed by atoms with Crippen LogP contribution in [0, 0.1) is 11.3 Å². The number of alkyl halides is 1. The monoisotopic (exact) mass is 115 g/mol. The van der Waals surface area contributed by atoms with E-state index in [9.17, 15) is 0 Å². The third-order valence-electron chi connectivity index (χ3n) is 0.546. The molecule has 0 rings (SSSR count). The summed E-state index contributed by atoms with van der Waals surface area (Å²) in [6, 6.07) is 1.83. The molecule has 0 saturated heterocycles. The van der Waals surface area contributed by atoms with Crippen LogP contribution in [0.25, 0.3) is 0 Å². The van der Waals surface area contributed by atoms with Crippen molar-refractivity contribution in [3.63, 3.8) is 0 Å². The molecule has 0 heterocycles. The summed E-state index contributed by atoms with van der Waals surface area (Å²) in [6.45, 7) is 5.19. The van der Waals surface area contributed by atoms with Gasteiger partial charge in [0.2, 0.25) is 0 Å². The van der Waals surface area contributed by atoms with Crippen LogP contribution >= 0.6 is 11.6 Å². The lowest BCUT2D eigenvalue weighted by molar-refractivity contribution is 1.23. The molecular formula is C5H6ClN. The van der Waals surface area contributed by atoms with Crippen LogP contribution in [-0.4, -0.2) is 5.38 Å². The molecule has 1 unspecified atom stereocenters. The fourth-order valence-electron chi connectivity index (χ4n) is 0.110. The van der Waals surface area contributed by atoms with Crippen LogP contribution in [0.15, 0.2) is 12.2 Å². The van der Waals surface area contributed by atoms with Crippen LogP contribution in [0.4, 0.5) is 0 Å².